The minimum atomic E-state index is -0.518. The summed E-state index contributed by atoms with van der Waals surface area (Å²) in [6.45, 7) is 1.83. The van der Waals surface area contributed by atoms with Crippen molar-refractivity contribution >= 4 is 17.4 Å². The van der Waals surface area contributed by atoms with Crippen LogP contribution in [0.3, 0.4) is 0 Å². The predicted octanol–water partition coefficient (Wildman–Crippen LogP) is 4.81. The zero-order valence-corrected chi connectivity index (χ0v) is 14.3. The van der Waals surface area contributed by atoms with Crippen LogP contribution in [0.25, 0.3) is 0 Å². The second-order valence-corrected chi connectivity index (χ2v) is 6.04. The van der Waals surface area contributed by atoms with Crippen LogP contribution in [0.15, 0.2) is 72.8 Å². The lowest BCUT2D eigenvalue weighted by Gasteiger charge is -2.12. The number of benzene rings is 3. The number of aryl methyl sites for hydroxylation is 1. The lowest BCUT2D eigenvalue weighted by atomic mass is 10.0. The van der Waals surface area contributed by atoms with Crippen LogP contribution in [0.5, 0.6) is 0 Å². The Balaban J connectivity index is 1.87. The topological polar surface area (TPSA) is 46.2 Å². The third-order valence-electron chi connectivity index (χ3n) is 4.13. The Morgan fingerprint density at radius 2 is 1.58 bits per heavy atom. The van der Waals surface area contributed by atoms with E-state index in [2.05, 4.69) is 5.32 Å². The van der Waals surface area contributed by atoms with Gasteiger partial charge in [-0.1, -0.05) is 48.5 Å². The number of amides is 1. The Morgan fingerprint density at radius 3 is 2.31 bits per heavy atom. The Bertz CT molecular complexity index is 951. The number of hydrogen-bond acceptors (Lipinski definition) is 2. The van der Waals surface area contributed by atoms with E-state index in [1.165, 1.54) is 18.2 Å². The number of Topliss-reactive ketones (excluding diaryl/α,β-unsaturated/α-hetero) is 1. The van der Waals surface area contributed by atoms with Gasteiger partial charge in [-0.05, 0) is 42.3 Å². The van der Waals surface area contributed by atoms with Crippen LogP contribution in [-0.2, 0) is 6.42 Å². The first-order valence-corrected chi connectivity index (χ1v) is 8.28. The number of carbonyl (C=O) groups is 2. The summed E-state index contributed by atoms with van der Waals surface area (Å²) < 4.78 is 13.7. The van der Waals surface area contributed by atoms with Crippen LogP contribution < -0.4 is 5.32 Å². The van der Waals surface area contributed by atoms with E-state index in [0.29, 0.717) is 11.3 Å². The molecule has 0 bridgehead atoms. The largest absolute Gasteiger partial charge is 0.321 e. The Labute approximate surface area is 151 Å². The summed E-state index contributed by atoms with van der Waals surface area (Å²) in [5.41, 5.74) is 2.64. The van der Waals surface area contributed by atoms with Crippen molar-refractivity contribution in [3.05, 3.63) is 101 Å². The molecule has 0 saturated carbocycles. The van der Waals surface area contributed by atoms with Crippen LogP contribution >= 0.6 is 0 Å². The molecular weight excluding hydrogens is 329 g/mol. The van der Waals surface area contributed by atoms with Gasteiger partial charge in [-0.2, -0.15) is 0 Å². The molecule has 0 unspecified atom stereocenters. The van der Waals surface area contributed by atoms with Crippen molar-refractivity contribution in [2.45, 2.75) is 13.3 Å². The molecule has 4 heteroatoms. The molecule has 0 aliphatic carbocycles. The highest BCUT2D eigenvalue weighted by Crippen LogP contribution is 2.21. The highest BCUT2D eigenvalue weighted by atomic mass is 19.1. The van der Waals surface area contributed by atoms with Crippen molar-refractivity contribution in [1.29, 1.82) is 0 Å². The maximum atomic E-state index is 13.7. The lowest BCUT2D eigenvalue weighted by Crippen LogP contribution is -2.16. The van der Waals surface area contributed by atoms with Crippen LogP contribution in [0, 0.1) is 12.7 Å². The van der Waals surface area contributed by atoms with E-state index in [1.54, 1.807) is 12.1 Å². The number of carbonyl (C=O) groups excluding carboxylic acids is 2. The quantitative estimate of drug-likeness (QED) is 0.673. The molecule has 26 heavy (non-hydrogen) atoms. The van der Waals surface area contributed by atoms with Crippen LogP contribution in [0.1, 0.15) is 31.8 Å². The minimum absolute atomic E-state index is 0.136. The zero-order valence-electron chi connectivity index (χ0n) is 14.3. The number of anilines is 1. The first-order valence-electron chi connectivity index (χ1n) is 8.28. The summed E-state index contributed by atoms with van der Waals surface area (Å²) in [7, 11) is 0. The smallest absolute Gasteiger partial charge is 0.255 e. The summed E-state index contributed by atoms with van der Waals surface area (Å²) in [5.74, 6) is -1.10. The second-order valence-electron chi connectivity index (χ2n) is 6.04. The standard InChI is InChI=1S/C22H18FNO2/c1-15-7-5-6-10-18(15)22(26)24-20-12-11-17(23)14-19(20)21(25)13-16-8-3-2-4-9-16/h2-12,14H,13H2,1H3,(H,24,26). The first-order chi connectivity index (χ1) is 12.5. The monoisotopic (exact) mass is 347 g/mol. The molecule has 0 aliphatic heterocycles. The molecule has 0 aliphatic rings. The fourth-order valence-corrected chi connectivity index (χ4v) is 2.75. The fraction of sp³-hybridized carbons (Fsp3) is 0.0909. The van der Waals surface area contributed by atoms with E-state index in [0.717, 1.165) is 11.1 Å². The minimum Gasteiger partial charge on any atom is -0.321 e. The highest BCUT2D eigenvalue weighted by molar-refractivity contribution is 6.10. The predicted molar refractivity (Wildman–Crippen MR) is 100 cm³/mol. The zero-order chi connectivity index (χ0) is 18.5. The van der Waals surface area contributed by atoms with Gasteiger partial charge < -0.3 is 5.32 Å². The van der Waals surface area contributed by atoms with E-state index in [1.807, 2.05) is 49.4 Å². The van der Waals surface area contributed by atoms with E-state index in [-0.39, 0.29) is 23.7 Å². The average Bonchev–Trinajstić information content (AvgIpc) is 2.64. The number of halogens is 1. The molecule has 0 fully saturated rings. The lowest BCUT2D eigenvalue weighted by molar-refractivity contribution is 0.0993. The normalized spacial score (nSPS) is 10.4. The molecule has 1 N–H and O–H groups in total. The third kappa shape index (κ3) is 4.03. The number of hydrogen-bond donors (Lipinski definition) is 1. The molecule has 0 saturated heterocycles. The summed E-state index contributed by atoms with van der Waals surface area (Å²) in [4.78, 5) is 25.2. The van der Waals surface area contributed by atoms with Gasteiger partial charge in [0.2, 0.25) is 0 Å². The van der Waals surface area contributed by atoms with E-state index in [4.69, 9.17) is 0 Å². The first kappa shape index (κ1) is 17.5. The van der Waals surface area contributed by atoms with E-state index >= 15 is 0 Å². The van der Waals surface area contributed by atoms with Crippen molar-refractivity contribution in [1.82, 2.24) is 0 Å². The molecule has 0 heterocycles. The van der Waals surface area contributed by atoms with E-state index < -0.39 is 5.82 Å². The summed E-state index contributed by atoms with van der Waals surface area (Å²) in [6.07, 6.45) is 0.136. The SMILES string of the molecule is Cc1ccccc1C(=O)Nc1ccc(F)cc1C(=O)Cc1ccccc1. The van der Waals surface area contributed by atoms with Crippen LogP contribution in [0.4, 0.5) is 10.1 Å². The third-order valence-corrected chi connectivity index (χ3v) is 4.13. The molecule has 3 rings (SSSR count). The molecule has 0 radical (unpaired) electrons. The molecular formula is C22H18FNO2. The Kier molecular flexibility index (Phi) is 5.23. The van der Waals surface area contributed by atoms with Crippen molar-refractivity contribution in [3.63, 3.8) is 0 Å². The van der Waals surface area contributed by atoms with Crippen LogP contribution in [-0.4, -0.2) is 11.7 Å². The van der Waals surface area contributed by atoms with Crippen molar-refractivity contribution in [2.24, 2.45) is 0 Å². The van der Waals surface area contributed by atoms with Gasteiger partial charge in [0.15, 0.2) is 5.78 Å². The summed E-state index contributed by atoms with van der Waals surface area (Å²) >= 11 is 0. The van der Waals surface area contributed by atoms with Crippen molar-refractivity contribution in [2.75, 3.05) is 5.32 Å². The Hall–Kier alpha value is -3.27. The number of ketones is 1. The van der Waals surface area contributed by atoms with Gasteiger partial charge in [0.05, 0.1) is 5.69 Å². The summed E-state index contributed by atoms with van der Waals surface area (Å²) in [6, 6.07) is 20.2. The van der Waals surface area contributed by atoms with Gasteiger partial charge in [-0.15, -0.1) is 0 Å². The van der Waals surface area contributed by atoms with Crippen molar-refractivity contribution in [3.8, 4) is 0 Å². The average molecular weight is 347 g/mol. The number of nitrogens with one attached hydrogen (secondary N) is 1. The highest BCUT2D eigenvalue weighted by Gasteiger charge is 2.16. The van der Waals surface area contributed by atoms with Gasteiger partial charge in [0.25, 0.3) is 5.91 Å². The van der Waals surface area contributed by atoms with Gasteiger partial charge in [-0.25, -0.2) is 4.39 Å². The van der Waals surface area contributed by atoms with Crippen LogP contribution in [0.2, 0.25) is 0 Å². The molecule has 3 aromatic carbocycles. The fourth-order valence-electron chi connectivity index (χ4n) is 2.75. The molecule has 3 aromatic rings. The van der Waals surface area contributed by atoms with Gasteiger partial charge >= 0.3 is 0 Å². The maximum absolute atomic E-state index is 13.7. The van der Waals surface area contributed by atoms with E-state index in [9.17, 15) is 14.0 Å². The van der Waals surface area contributed by atoms with Gasteiger partial charge in [0, 0.05) is 17.5 Å². The second kappa shape index (κ2) is 7.74. The Morgan fingerprint density at radius 1 is 0.885 bits per heavy atom. The molecule has 1 amide bonds. The maximum Gasteiger partial charge on any atom is 0.255 e. The van der Waals surface area contributed by atoms with Crippen molar-refractivity contribution < 1.29 is 14.0 Å². The molecule has 130 valence electrons. The molecule has 0 atom stereocenters. The molecule has 0 spiro atoms. The molecule has 3 nitrogen and oxygen atoms in total. The number of rotatable bonds is 5. The van der Waals surface area contributed by atoms with Gasteiger partial charge in [-0.3, -0.25) is 9.59 Å². The summed E-state index contributed by atoms with van der Waals surface area (Å²) in [5, 5.41) is 2.74. The molecule has 0 aromatic heterocycles. The van der Waals surface area contributed by atoms with Gasteiger partial charge in [0.1, 0.15) is 5.82 Å².